The minimum Gasteiger partial charge on any atom is -0.351 e. The molecule has 0 amide bonds. The maximum Gasteiger partial charge on any atom is 0.222 e. The van der Waals surface area contributed by atoms with Crippen LogP contribution in [0.3, 0.4) is 0 Å². The lowest BCUT2D eigenvalue weighted by molar-refractivity contribution is 0.112. The third-order valence-electron chi connectivity index (χ3n) is 4.92. The Hall–Kier alpha value is -3.13. The largest absolute Gasteiger partial charge is 0.351 e. The molecule has 0 aliphatic carbocycles. The molecular formula is C22H24ClN7O2S. The summed E-state index contributed by atoms with van der Waals surface area (Å²) in [6.45, 7) is 5.26. The van der Waals surface area contributed by atoms with Gasteiger partial charge < -0.3 is 5.32 Å². The predicted octanol–water partition coefficient (Wildman–Crippen LogP) is 3.63. The summed E-state index contributed by atoms with van der Waals surface area (Å²) in [5.74, 6) is 0.523. The Morgan fingerprint density at radius 3 is 2.52 bits per heavy atom. The Morgan fingerprint density at radius 1 is 1.21 bits per heavy atom. The number of carbonyl (C=O) groups excluding carboxylic acids is 1. The molecule has 172 valence electrons. The third kappa shape index (κ3) is 6.01. The number of nitrogens with one attached hydrogen (secondary N) is 1. The molecule has 1 N–H and O–H groups in total. The van der Waals surface area contributed by atoms with Crippen molar-refractivity contribution in [3.63, 3.8) is 0 Å². The normalized spacial score (nSPS) is 15.1. The molecule has 2 aromatic heterocycles. The third-order valence-corrected chi connectivity index (χ3v) is 6.61. The van der Waals surface area contributed by atoms with E-state index in [2.05, 4.69) is 26.5 Å². The highest BCUT2D eigenvalue weighted by Gasteiger charge is 2.25. The van der Waals surface area contributed by atoms with Crippen LogP contribution in [-0.2, 0) is 11.0 Å². The summed E-state index contributed by atoms with van der Waals surface area (Å²) in [6, 6.07) is 7.28. The van der Waals surface area contributed by atoms with Crippen LogP contribution in [-0.4, -0.2) is 53.7 Å². The Kier molecular flexibility index (Phi) is 8.65. The van der Waals surface area contributed by atoms with E-state index in [0.29, 0.717) is 52.1 Å². The van der Waals surface area contributed by atoms with Crippen molar-refractivity contribution in [2.24, 2.45) is 0 Å². The zero-order valence-corrected chi connectivity index (χ0v) is 19.9. The molecule has 1 saturated heterocycles. The first-order chi connectivity index (χ1) is 16.1. The minimum absolute atomic E-state index is 0.178. The molecule has 0 bridgehead atoms. The number of nitrogens with zero attached hydrogens (tertiary/aromatic N) is 6. The summed E-state index contributed by atoms with van der Waals surface area (Å²) < 4.78 is 16.5. The molecule has 1 aliphatic rings. The summed E-state index contributed by atoms with van der Waals surface area (Å²) in [5, 5.41) is 17.3. The quantitative estimate of drug-likeness (QED) is 0.530. The van der Waals surface area contributed by atoms with Crippen LogP contribution >= 0.6 is 11.6 Å². The maximum absolute atomic E-state index is 13.2. The van der Waals surface area contributed by atoms with Crippen molar-refractivity contribution in [1.82, 2.24) is 24.1 Å². The number of rotatable bonds is 6. The highest BCUT2D eigenvalue weighted by Crippen LogP contribution is 2.23. The van der Waals surface area contributed by atoms with Crippen LogP contribution in [0.15, 0.2) is 47.9 Å². The van der Waals surface area contributed by atoms with Crippen molar-refractivity contribution in [1.29, 1.82) is 5.26 Å². The topological polar surface area (TPSA) is 117 Å². The van der Waals surface area contributed by atoms with E-state index in [1.807, 2.05) is 18.2 Å². The Morgan fingerprint density at radius 2 is 1.91 bits per heavy atom. The van der Waals surface area contributed by atoms with Crippen molar-refractivity contribution in [3.05, 3.63) is 59.1 Å². The second-order valence-electron chi connectivity index (χ2n) is 6.95. The molecule has 1 atom stereocenters. The van der Waals surface area contributed by atoms with Gasteiger partial charge in [0.05, 0.1) is 45.3 Å². The van der Waals surface area contributed by atoms with E-state index >= 15 is 0 Å². The van der Waals surface area contributed by atoms with E-state index in [1.54, 1.807) is 30.6 Å². The Bertz CT molecular complexity index is 1150. The van der Waals surface area contributed by atoms with Gasteiger partial charge in [0.2, 0.25) is 5.95 Å². The number of anilines is 1. The van der Waals surface area contributed by atoms with Gasteiger partial charge in [-0.3, -0.25) is 4.79 Å². The van der Waals surface area contributed by atoms with Crippen LogP contribution in [0.2, 0.25) is 5.02 Å². The van der Waals surface area contributed by atoms with Gasteiger partial charge in [0.25, 0.3) is 0 Å². The van der Waals surface area contributed by atoms with Crippen LogP contribution in [0.5, 0.6) is 0 Å². The van der Waals surface area contributed by atoms with Crippen molar-refractivity contribution in [2.75, 3.05) is 18.4 Å². The zero-order chi connectivity index (χ0) is 23.8. The zero-order valence-electron chi connectivity index (χ0n) is 18.3. The molecule has 33 heavy (non-hydrogen) atoms. The van der Waals surface area contributed by atoms with Crippen LogP contribution in [0.25, 0.3) is 5.69 Å². The highest BCUT2D eigenvalue weighted by atomic mass is 35.5. The van der Waals surface area contributed by atoms with Crippen molar-refractivity contribution in [2.45, 2.75) is 37.6 Å². The molecule has 0 saturated carbocycles. The van der Waals surface area contributed by atoms with Crippen molar-refractivity contribution < 1.29 is 9.00 Å². The predicted molar refractivity (Wildman–Crippen MR) is 127 cm³/mol. The van der Waals surface area contributed by atoms with Crippen molar-refractivity contribution in [3.8, 4) is 11.8 Å². The average molecular weight is 486 g/mol. The maximum atomic E-state index is 13.2. The number of benzene rings is 1. The van der Waals surface area contributed by atoms with Crippen LogP contribution in [0, 0.1) is 11.3 Å². The molecular weight excluding hydrogens is 462 g/mol. The first-order valence-electron chi connectivity index (χ1n) is 10.5. The highest BCUT2D eigenvalue weighted by molar-refractivity contribution is 7.82. The van der Waals surface area contributed by atoms with Crippen LogP contribution in [0.4, 0.5) is 5.95 Å². The monoisotopic (exact) mass is 485 g/mol. The first kappa shape index (κ1) is 24.5. The van der Waals surface area contributed by atoms with E-state index < -0.39 is 11.0 Å². The number of piperidine rings is 1. The van der Waals surface area contributed by atoms with Gasteiger partial charge in [0.1, 0.15) is 17.1 Å². The van der Waals surface area contributed by atoms with E-state index in [4.69, 9.17) is 11.6 Å². The Labute approximate surface area is 200 Å². The van der Waals surface area contributed by atoms with Crippen LogP contribution < -0.4 is 5.32 Å². The fraction of sp³-hybridized carbons (Fsp3) is 0.318. The van der Waals surface area contributed by atoms with Gasteiger partial charge in [-0.2, -0.15) is 10.4 Å². The molecule has 0 spiro atoms. The summed E-state index contributed by atoms with van der Waals surface area (Å²) in [7, 11) is -1.39. The number of aromatic nitrogens is 4. The van der Waals surface area contributed by atoms with E-state index in [-0.39, 0.29) is 6.04 Å². The number of hydrogen-bond acceptors (Lipinski definition) is 7. The van der Waals surface area contributed by atoms with Gasteiger partial charge in [-0.25, -0.2) is 23.2 Å². The molecule has 1 fully saturated rings. The number of nitriles is 1. The number of carbonyl (C=O) groups is 1. The number of aldehydes is 1. The molecule has 11 heteroatoms. The molecule has 0 radical (unpaired) electrons. The average Bonchev–Trinajstić information content (AvgIpc) is 3.35. The molecule has 9 nitrogen and oxygen atoms in total. The standard InChI is InChI=1S/C20H18ClN7O2S.C2H6/c21-16-10-23-20(24-11-16)26-17-3-5-27(6-4-17)31(30)18-2-1-15(8-22)19(7-18)28-12-14(13-29)9-25-28;1-2/h1-2,7,9-13,17H,3-6H2,(H,23,24,26);1-2H3. The van der Waals surface area contributed by atoms with E-state index in [0.717, 1.165) is 12.8 Å². The summed E-state index contributed by atoms with van der Waals surface area (Å²) in [4.78, 5) is 19.8. The first-order valence-corrected chi connectivity index (χ1v) is 12.0. The van der Waals surface area contributed by atoms with Gasteiger partial charge in [-0.15, -0.1) is 0 Å². The second kappa shape index (κ2) is 11.7. The fourth-order valence-electron chi connectivity index (χ4n) is 3.32. The van der Waals surface area contributed by atoms with Crippen molar-refractivity contribution >= 4 is 34.8 Å². The smallest absolute Gasteiger partial charge is 0.222 e. The molecule has 3 aromatic rings. The minimum atomic E-state index is -1.39. The van der Waals surface area contributed by atoms with Gasteiger partial charge in [0, 0.05) is 25.3 Å². The fourth-order valence-corrected chi connectivity index (χ4v) is 4.65. The molecule has 1 aliphatic heterocycles. The summed E-state index contributed by atoms with van der Waals surface area (Å²) in [5.41, 5.74) is 1.26. The lowest BCUT2D eigenvalue weighted by atomic mass is 10.1. The van der Waals surface area contributed by atoms with Gasteiger partial charge in [-0.1, -0.05) is 25.4 Å². The van der Waals surface area contributed by atoms with Gasteiger partial charge in [-0.05, 0) is 31.0 Å². The Balaban J connectivity index is 0.00000149. The number of halogens is 1. The summed E-state index contributed by atoms with van der Waals surface area (Å²) in [6.07, 6.45) is 8.28. The molecule has 1 aromatic carbocycles. The van der Waals surface area contributed by atoms with Gasteiger partial charge in [0.15, 0.2) is 6.29 Å². The SMILES string of the molecule is CC.N#Cc1ccc(S(=O)N2CCC(Nc3ncc(Cl)cn3)CC2)cc1-n1cc(C=O)cn1. The van der Waals surface area contributed by atoms with Gasteiger partial charge >= 0.3 is 0 Å². The molecule has 3 heterocycles. The number of hydrogen-bond donors (Lipinski definition) is 1. The van der Waals surface area contributed by atoms with E-state index in [9.17, 15) is 14.3 Å². The second-order valence-corrected chi connectivity index (χ2v) is 8.87. The van der Waals surface area contributed by atoms with Crippen LogP contribution in [0.1, 0.15) is 42.6 Å². The lowest BCUT2D eigenvalue weighted by Crippen LogP contribution is -2.40. The molecule has 1 unspecified atom stereocenters. The van der Waals surface area contributed by atoms with E-state index in [1.165, 1.54) is 17.1 Å². The summed E-state index contributed by atoms with van der Waals surface area (Å²) >= 11 is 5.81. The lowest BCUT2D eigenvalue weighted by Gasteiger charge is -2.31. The molecule has 4 rings (SSSR count).